The first kappa shape index (κ1) is 11.3. The molecule has 2 aromatic rings. The molecule has 0 bridgehead atoms. The van der Waals surface area contributed by atoms with E-state index in [0.29, 0.717) is 12.4 Å². The zero-order valence-corrected chi connectivity index (χ0v) is 9.99. The molecule has 0 unspecified atom stereocenters. The van der Waals surface area contributed by atoms with E-state index < -0.39 is 0 Å². The predicted octanol–water partition coefficient (Wildman–Crippen LogP) is 0.773. The van der Waals surface area contributed by atoms with E-state index in [1.807, 2.05) is 6.07 Å². The highest BCUT2D eigenvalue weighted by atomic mass is 16.5. The minimum absolute atomic E-state index is 0.0822. The molecule has 0 radical (unpaired) electrons. The lowest BCUT2D eigenvalue weighted by Crippen LogP contribution is -2.38. The van der Waals surface area contributed by atoms with Crippen molar-refractivity contribution in [2.24, 2.45) is 0 Å². The third-order valence-electron chi connectivity index (χ3n) is 3.05. The number of rotatable bonds is 3. The van der Waals surface area contributed by atoms with Crippen LogP contribution in [0.1, 0.15) is 17.5 Å². The fourth-order valence-electron chi connectivity index (χ4n) is 2.15. The highest BCUT2D eigenvalue weighted by molar-refractivity contribution is 5.14. The van der Waals surface area contributed by atoms with Gasteiger partial charge in [0.25, 0.3) is 0 Å². The molecule has 1 aliphatic heterocycles. The summed E-state index contributed by atoms with van der Waals surface area (Å²) in [4.78, 5) is 2.35. The zero-order valence-electron chi connectivity index (χ0n) is 9.99. The Balaban J connectivity index is 1.64. The van der Waals surface area contributed by atoms with Crippen LogP contribution >= 0.6 is 0 Å². The maximum Gasteiger partial charge on any atom is 0.204 e. The number of tetrazole rings is 1. The number of hydrogen-bond donors (Lipinski definition) is 1. The summed E-state index contributed by atoms with van der Waals surface area (Å²) in [6.07, 6.45) is -0.0822. The Morgan fingerprint density at radius 3 is 3.00 bits per heavy atom. The van der Waals surface area contributed by atoms with Crippen LogP contribution in [-0.2, 0) is 11.3 Å². The van der Waals surface area contributed by atoms with Crippen LogP contribution in [0.15, 0.2) is 30.3 Å². The molecule has 1 aromatic heterocycles. The van der Waals surface area contributed by atoms with Crippen LogP contribution in [0.25, 0.3) is 0 Å². The van der Waals surface area contributed by atoms with Crippen LogP contribution in [0.5, 0.6) is 0 Å². The molecule has 2 heterocycles. The van der Waals surface area contributed by atoms with Crippen LogP contribution in [0, 0.1) is 0 Å². The van der Waals surface area contributed by atoms with Crippen molar-refractivity contribution in [1.82, 2.24) is 25.5 Å². The van der Waals surface area contributed by atoms with Crippen LogP contribution in [0.4, 0.5) is 0 Å². The normalized spacial score (nSPS) is 21.0. The van der Waals surface area contributed by atoms with Gasteiger partial charge in [-0.15, -0.1) is 10.2 Å². The lowest BCUT2D eigenvalue weighted by Gasteiger charge is -2.31. The second-order valence-electron chi connectivity index (χ2n) is 4.35. The van der Waals surface area contributed by atoms with Gasteiger partial charge in [0.1, 0.15) is 6.10 Å². The van der Waals surface area contributed by atoms with Crippen molar-refractivity contribution in [3.63, 3.8) is 0 Å². The van der Waals surface area contributed by atoms with Crippen molar-refractivity contribution in [2.75, 3.05) is 19.7 Å². The predicted molar refractivity (Wildman–Crippen MR) is 64.6 cm³/mol. The Morgan fingerprint density at radius 2 is 2.22 bits per heavy atom. The molecule has 6 heteroatoms. The molecule has 6 nitrogen and oxygen atoms in total. The van der Waals surface area contributed by atoms with Gasteiger partial charge in [-0.25, -0.2) is 0 Å². The Bertz CT molecular complexity index is 472. The van der Waals surface area contributed by atoms with Crippen molar-refractivity contribution in [2.45, 2.75) is 12.6 Å². The summed E-state index contributed by atoms with van der Waals surface area (Å²) in [5, 5.41) is 14.0. The minimum Gasteiger partial charge on any atom is -0.367 e. The summed E-state index contributed by atoms with van der Waals surface area (Å²) < 4.78 is 5.66. The number of H-pyrrole nitrogens is 1. The first-order valence-corrected chi connectivity index (χ1v) is 6.03. The van der Waals surface area contributed by atoms with Gasteiger partial charge in [0, 0.05) is 19.6 Å². The second kappa shape index (κ2) is 5.24. The zero-order chi connectivity index (χ0) is 12.2. The molecule has 1 fully saturated rings. The first-order chi connectivity index (χ1) is 8.92. The smallest absolute Gasteiger partial charge is 0.204 e. The summed E-state index contributed by atoms with van der Waals surface area (Å²) in [6.45, 7) is 3.36. The van der Waals surface area contributed by atoms with E-state index in [9.17, 15) is 0 Å². The summed E-state index contributed by atoms with van der Waals surface area (Å²) in [5.41, 5.74) is 1.31. The minimum atomic E-state index is -0.0822. The number of nitrogens with one attached hydrogen (secondary N) is 1. The van der Waals surface area contributed by atoms with E-state index in [2.05, 4.69) is 49.8 Å². The quantitative estimate of drug-likeness (QED) is 0.865. The van der Waals surface area contributed by atoms with Crippen LogP contribution < -0.4 is 0 Å². The van der Waals surface area contributed by atoms with Crippen LogP contribution in [0.2, 0.25) is 0 Å². The average molecular weight is 245 g/mol. The van der Waals surface area contributed by atoms with Gasteiger partial charge < -0.3 is 4.74 Å². The Morgan fingerprint density at radius 1 is 1.33 bits per heavy atom. The number of morpholine rings is 1. The summed E-state index contributed by atoms with van der Waals surface area (Å²) in [5.74, 6) is 0.632. The number of benzene rings is 1. The molecule has 1 atom stereocenters. The molecule has 1 saturated heterocycles. The molecular weight excluding hydrogens is 230 g/mol. The molecule has 0 amide bonds. The van der Waals surface area contributed by atoms with Gasteiger partial charge in [-0.3, -0.25) is 4.90 Å². The van der Waals surface area contributed by atoms with E-state index in [4.69, 9.17) is 4.74 Å². The third-order valence-corrected chi connectivity index (χ3v) is 3.05. The third kappa shape index (κ3) is 2.55. The number of ether oxygens (including phenoxy) is 1. The van der Waals surface area contributed by atoms with E-state index >= 15 is 0 Å². The Labute approximate surface area is 105 Å². The fraction of sp³-hybridized carbons (Fsp3) is 0.417. The number of nitrogens with zero attached hydrogens (tertiary/aromatic N) is 4. The average Bonchev–Trinajstić information content (AvgIpc) is 2.94. The van der Waals surface area contributed by atoms with Crippen molar-refractivity contribution < 1.29 is 4.74 Å². The van der Waals surface area contributed by atoms with E-state index in [1.54, 1.807) is 0 Å². The molecule has 3 rings (SSSR count). The molecule has 0 aliphatic carbocycles. The van der Waals surface area contributed by atoms with Gasteiger partial charge in [-0.05, 0) is 5.56 Å². The van der Waals surface area contributed by atoms with Crippen molar-refractivity contribution in [3.05, 3.63) is 41.7 Å². The Kier molecular flexibility index (Phi) is 3.29. The van der Waals surface area contributed by atoms with Gasteiger partial charge in [-0.2, -0.15) is 5.21 Å². The molecule has 0 saturated carbocycles. The topological polar surface area (TPSA) is 66.9 Å². The molecular formula is C12H15N5O. The molecule has 18 heavy (non-hydrogen) atoms. The molecule has 1 N–H and O–H groups in total. The van der Waals surface area contributed by atoms with E-state index in [0.717, 1.165) is 19.6 Å². The van der Waals surface area contributed by atoms with Gasteiger partial charge in [0.2, 0.25) is 5.82 Å². The second-order valence-corrected chi connectivity index (χ2v) is 4.35. The van der Waals surface area contributed by atoms with Crippen LogP contribution in [0.3, 0.4) is 0 Å². The first-order valence-electron chi connectivity index (χ1n) is 6.03. The number of hydrogen-bond acceptors (Lipinski definition) is 5. The highest BCUT2D eigenvalue weighted by Crippen LogP contribution is 2.19. The Hall–Kier alpha value is -1.79. The standard InChI is InChI=1S/C12H15N5O/c1-2-4-10(5-3-1)8-17-6-7-18-11(9-17)12-13-15-16-14-12/h1-5,11H,6-9H2,(H,13,14,15,16)/t11-/m1/s1. The van der Waals surface area contributed by atoms with Crippen molar-refractivity contribution in [1.29, 1.82) is 0 Å². The van der Waals surface area contributed by atoms with Gasteiger partial charge in [0.15, 0.2) is 0 Å². The molecule has 1 aromatic carbocycles. The van der Waals surface area contributed by atoms with E-state index in [-0.39, 0.29) is 6.10 Å². The van der Waals surface area contributed by atoms with Crippen molar-refractivity contribution in [3.8, 4) is 0 Å². The fourth-order valence-corrected chi connectivity index (χ4v) is 2.15. The largest absolute Gasteiger partial charge is 0.367 e. The monoisotopic (exact) mass is 245 g/mol. The van der Waals surface area contributed by atoms with Gasteiger partial charge >= 0.3 is 0 Å². The SMILES string of the molecule is c1ccc(CN2CCO[C@@H](c3nn[nH]n3)C2)cc1. The maximum atomic E-state index is 5.66. The summed E-state index contributed by atoms with van der Waals surface area (Å²) in [6, 6.07) is 10.4. The van der Waals surface area contributed by atoms with Gasteiger partial charge in [-0.1, -0.05) is 35.5 Å². The molecule has 94 valence electrons. The van der Waals surface area contributed by atoms with Gasteiger partial charge in [0.05, 0.1) is 6.61 Å². The van der Waals surface area contributed by atoms with Crippen molar-refractivity contribution >= 4 is 0 Å². The summed E-state index contributed by atoms with van der Waals surface area (Å²) in [7, 11) is 0. The summed E-state index contributed by atoms with van der Waals surface area (Å²) >= 11 is 0. The van der Waals surface area contributed by atoms with E-state index in [1.165, 1.54) is 5.56 Å². The molecule has 1 aliphatic rings. The highest BCUT2D eigenvalue weighted by Gasteiger charge is 2.24. The number of aromatic amines is 1. The number of aromatic nitrogens is 4. The van der Waals surface area contributed by atoms with Crippen LogP contribution in [-0.4, -0.2) is 45.2 Å². The maximum absolute atomic E-state index is 5.66. The lowest BCUT2D eigenvalue weighted by atomic mass is 10.2. The molecule has 0 spiro atoms. The lowest BCUT2D eigenvalue weighted by molar-refractivity contribution is -0.0372.